The smallest absolute Gasteiger partial charge is 0.0930 e. The van der Waals surface area contributed by atoms with Crippen molar-refractivity contribution in [2.24, 2.45) is 0 Å². The van der Waals surface area contributed by atoms with Gasteiger partial charge >= 0.3 is 0 Å². The van der Waals surface area contributed by atoms with Crippen LogP contribution in [0.5, 0.6) is 0 Å². The van der Waals surface area contributed by atoms with E-state index >= 15 is 0 Å². The van der Waals surface area contributed by atoms with Crippen molar-refractivity contribution in [2.45, 2.75) is 31.1 Å². The van der Waals surface area contributed by atoms with Crippen LogP contribution in [0.15, 0.2) is 42.6 Å². The monoisotopic (exact) mass is 236 g/mol. The van der Waals surface area contributed by atoms with Crippen molar-refractivity contribution < 1.29 is 0 Å². The molecule has 2 aromatic rings. The van der Waals surface area contributed by atoms with Crippen molar-refractivity contribution >= 4 is 0 Å². The SMILES string of the molecule is N#CC(c1ccc[nH]1)C1CCCc2ccccc21. The van der Waals surface area contributed by atoms with E-state index in [9.17, 15) is 5.26 Å². The van der Waals surface area contributed by atoms with Gasteiger partial charge in [-0.15, -0.1) is 0 Å². The van der Waals surface area contributed by atoms with E-state index in [4.69, 9.17) is 0 Å². The Morgan fingerprint density at radius 1 is 1.22 bits per heavy atom. The Morgan fingerprint density at radius 3 is 2.89 bits per heavy atom. The first-order chi connectivity index (χ1) is 8.90. The van der Waals surface area contributed by atoms with Crippen LogP contribution in [0.3, 0.4) is 0 Å². The summed E-state index contributed by atoms with van der Waals surface area (Å²) in [5.74, 6) is 0.278. The van der Waals surface area contributed by atoms with E-state index in [0.29, 0.717) is 5.92 Å². The van der Waals surface area contributed by atoms with Crippen LogP contribution in [0.4, 0.5) is 0 Å². The Labute approximate surface area is 107 Å². The van der Waals surface area contributed by atoms with Crippen molar-refractivity contribution in [2.75, 3.05) is 0 Å². The first-order valence-corrected chi connectivity index (χ1v) is 6.51. The number of benzene rings is 1. The number of aryl methyl sites for hydroxylation is 1. The van der Waals surface area contributed by atoms with E-state index in [1.807, 2.05) is 18.3 Å². The third-order valence-corrected chi connectivity index (χ3v) is 3.91. The van der Waals surface area contributed by atoms with Gasteiger partial charge in [0.15, 0.2) is 0 Å². The molecule has 1 aliphatic carbocycles. The van der Waals surface area contributed by atoms with Gasteiger partial charge in [0.1, 0.15) is 0 Å². The van der Waals surface area contributed by atoms with Gasteiger partial charge < -0.3 is 4.98 Å². The van der Waals surface area contributed by atoms with E-state index in [1.54, 1.807) is 0 Å². The predicted molar refractivity (Wildman–Crippen MR) is 71.3 cm³/mol. The largest absolute Gasteiger partial charge is 0.364 e. The number of H-pyrrole nitrogens is 1. The number of nitriles is 1. The number of aromatic amines is 1. The molecule has 0 saturated carbocycles. The number of nitrogens with one attached hydrogen (secondary N) is 1. The van der Waals surface area contributed by atoms with Crippen LogP contribution in [0.1, 0.15) is 41.5 Å². The van der Waals surface area contributed by atoms with Crippen molar-refractivity contribution in [1.29, 1.82) is 5.26 Å². The quantitative estimate of drug-likeness (QED) is 0.847. The topological polar surface area (TPSA) is 39.6 Å². The molecule has 90 valence electrons. The Kier molecular flexibility index (Phi) is 2.90. The van der Waals surface area contributed by atoms with Gasteiger partial charge in [-0.05, 0) is 42.5 Å². The van der Waals surface area contributed by atoms with Crippen LogP contribution >= 0.6 is 0 Å². The van der Waals surface area contributed by atoms with Crippen LogP contribution < -0.4 is 0 Å². The molecule has 0 saturated heterocycles. The minimum Gasteiger partial charge on any atom is -0.364 e. The maximum atomic E-state index is 9.51. The fourth-order valence-electron chi connectivity index (χ4n) is 3.05. The lowest BCUT2D eigenvalue weighted by molar-refractivity contribution is 0.514. The highest BCUT2D eigenvalue weighted by molar-refractivity contribution is 5.37. The highest BCUT2D eigenvalue weighted by Crippen LogP contribution is 2.40. The molecule has 0 spiro atoms. The van der Waals surface area contributed by atoms with E-state index in [1.165, 1.54) is 17.5 Å². The second-order valence-electron chi connectivity index (χ2n) is 4.93. The summed E-state index contributed by atoms with van der Waals surface area (Å²) in [5.41, 5.74) is 3.82. The molecule has 3 rings (SSSR count). The number of nitrogens with zero attached hydrogens (tertiary/aromatic N) is 1. The summed E-state index contributed by atoms with van der Waals surface area (Å²) in [5, 5.41) is 9.51. The Balaban J connectivity index is 2.01. The molecule has 2 atom stereocenters. The molecule has 1 heterocycles. The predicted octanol–water partition coefficient (Wildman–Crippen LogP) is 3.74. The van der Waals surface area contributed by atoms with Crippen molar-refractivity contribution in [1.82, 2.24) is 4.98 Å². The second-order valence-corrected chi connectivity index (χ2v) is 4.93. The van der Waals surface area contributed by atoms with Crippen molar-refractivity contribution in [3.8, 4) is 6.07 Å². The fourth-order valence-corrected chi connectivity index (χ4v) is 3.05. The first kappa shape index (κ1) is 11.1. The molecule has 1 N–H and O–H groups in total. The standard InChI is InChI=1S/C16H16N2/c17-11-15(16-9-4-10-18-16)14-8-3-6-12-5-1-2-7-13(12)14/h1-2,4-5,7,9-10,14-15,18H,3,6,8H2. The fraction of sp³-hybridized carbons (Fsp3) is 0.312. The summed E-state index contributed by atoms with van der Waals surface area (Å²) < 4.78 is 0. The van der Waals surface area contributed by atoms with Gasteiger partial charge in [-0.1, -0.05) is 24.3 Å². The Hall–Kier alpha value is -2.01. The zero-order valence-electron chi connectivity index (χ0n) is 10.3. The zero-order chi connectivity index (χ0) is 12.4. The summed E-state index contributed by atoms with van der Waals surface area (Å²) in [6.07, 6.45) is 5.33. The summed E-state index contributed by atoms with van der Waals surface area (Å²) in [7, 11) is 0. The average molecular weight is 236 g/mol. The van der Waals surface area contributed by atoms with Crippen LogP contribution in [0.2, 0.25) is 0 Å². The molecule has 0 bridgehead atoms. The zero-order valence-corrected chi connectivity index (χ0v) is 10.3. The Morgan fingerprint density at radius 2 is 2.11 bits per heavy atom. The molecule has 0 fully saturated rings. The molecule has 0 aliphatic heterocycles. The summed E-state index contributed by atoms with van der Waals surface area (Å²) in [6.45, 7) is 0. The van der Waals surface area contributed by atoms with Crippen LogP contribution in [0.25, 0.3) is 0 Å². The van der Waals surface area contributed by atoms with Gasteiger partial charge in [-0.25, -0.2) is 0 Å². The van der Waals surface area contributed by atoms with E-state index < -0.39 is 0 Å². The lowest BCUT2D eigenvalue weighted by Crippen LogP contribution is -2.16. The van der Waals surface area contributed by atoms with Gasteiger partial charge in [0.25, 0.3) is 0 Å². The van der Waals surface area contributed by atoms with Gasteiger partial charge in [-0.3, -0.25) is 0 Å². The van der Waals surface area contributed by atoms with Crippen LogP contribution in [-0.4, -0.2) is 4.98 Å². The van der Waals surface area contributed by atoms with E-state index in [-0.39, 0.29) is 5.92 Å². The third kappa shape index (κ3) is 1.82. The Bertz CT molecular complexity index is 563. The molecule has 0 radical (unpaired) electrons. The summed E-state index contributed by atoms with van der Waals surface area (Å²) in [4.78, 5) is 3.19. The van der Waals surface area contributed by atoms with Crippen molar-refractivity contribution in [3.63, 3.8) is 0 Å². The molecular formula is C16H16N2. The van der Waals surface area contributed by atoms with Gasteiger partial charge in [0.2, 0.25) is 0 Å². The highest BCUT2D eigenvalue weighted by Gasteiger charge is 2.29. The number of fused-ring (bicyclic) bond motifs is 1. The van der Waals surface area contributed by atoms with E-state index in [0.717, 1.165) is 18.5 Å². The van der Waals surface area contributed by atoms with Gasteiger partial charge in [0, 0.05) is 17.8 Å². The first-order valence-electron chi connectivity index (χ1n) is 6.51. The lowest BCUT2D eigenvalue weighted by atomic mass is 9.75. The number of aromatic nitrogens is 1. The normalized spacial score (nSPS) is 19.8. The molecule has 2 heteroatoms. The molecule has 1 aliphatic rings. The molecule has 0 amide bonds. The summed E-state index contributed by atoms with van der Waals surface area (Å²) >= 11 is 0. The van der Waals surface area contributed by atoms with Crippen LogP contribution in [0, 0.1) is 11.3 Å². The maximum absolute atomic E-state index is 9.51. The summed E-state index contributed by atoms with van der Waals surface area (Å²) in [6, 6.07) is 15.0. The highest BCUT2D eigenvalue weighted by atomic mass is 14.7. The average Bonchev–Trinajstić information content (AvgIpc) is 2.94. The molecule has 1 aromatic heterocycles. The molecule has 18 heavy (non-hydrogen) atoms. The minimum absolute atomic E-state index is 0.0542. The third-order valence-electron chi connectivity index (χ3n) is 3.91. The van der Waals surface area contributed by atoms with Gasteiger partial charge in [0.05, 0.1) is 12.0 Å². The maximum Gasteiger partial charge on any atom is 0.0930 e. The number of hydrogen-bond acceptors (Lipinski definition) is 1. The second kappa shape index (κ2) is 4.70. The molecule has 1 aromatic carbocycles. The van der Waals surface area contributed by atoms with E-state index in [2.05, 4.69) is 35.3 Å². The molecule has 2 nitrogen and oxygen atoms in total. The van der Waals surface area contributed by atoms with Gasteiger partial charge in [-0.2, -0.15) is 5.26 Å². The van der Waals surface area contributed by atoms with Crippen LogP contribution in [-0.2, 0) is 6.42 Å². The molecular weight excluding hydrogens is 220 g/mol. The van der Waals surface area contributed by atoms with Crippen molar-refractivity contribution in [3.05, 3.63) is 59.4 Å². The molecule has 2 unspecified atom stereocenters. The lowest BCUT2D eigenvalue weighted by Gasteiger charge is -2.28. The number of rotatable bonds is 2. The minimum atomic E-state index is -0.0542. The number of hydrogen-bond donors (Lipinski definition) is 1.